The molecule has 0 radical (unpaired) electrons. The first-order valence-corrected chi connectivity index (χ1v) is 27.2. The third kappa shape index (κ3) is 8.77. The van der Waals surface area contributed by atoms with Crippen LogP contribution in [0.2, 0.25) is 0 Å². The highest BCUT2D eigenvalue weighted by Gasteiger charge is 2.24. The summed E-state index contributed by atoms with van der Waals surface area (Å²) in [5.41, 5.74) is 15.1. The molecule has 0 aliphatic carbocycles. The summed E-state index contributed by atoms with van der Waals surface area (Å²) in [6.07, 6.45) is 0. The van der Waals surface area contributed by atoms with Crippen LogP contribution in [0.3, 0.4) is 0 Å². The van der Waals surface area contributed by atoms with Gasteiger partial charge < -0.3 is 9.80 Å². The van der Waals surface area contributed by atoms with E-state index in [1.165, 1.54) is 84.5 Å². The van der Waals surface area contributed by atoms with E-state index in [-0.39, 0.29) is 21.7 Å². The van der Waals surface area contributed by atoms with E-state index >= 15 is 0 Å². The topological polar surface area (TPSA) is 6.48 Å². The van der Waals surface area contributed by atoms with Crippen molar-refractivity contribution in [2.24, 2.45) is 0 Å². The summed E-state index contributed by atoms with van der Waals surface area (Å²) < 4.78 is 5.19. The van der Waals surface area contributed by atoms with Crippen LogP contribution in [0.15, 0.2) is 182 Å². The Morgan fingerprint density at radius 1 is 0.292 bits per heavy atom. The molecular formula is C68H66N2S2. The molecule has 0 atom stereocenters. The zero-order valence-electron chi connectivity index (χ0n) is 44.0. The van der Waals surface area contributed by atoms with Gasteiger partial charge in [-0.3, -0.25) is 0 Å². The van der Waals surface area contributed by atoms with E-state index in [1.807, 2.05) is 22.7 Å². The molecular weight excluding hydrogens is 909 g/mol. The van der Waals surface area contributed by atoms with Gasteiger partial charge in [-0.05, 0) is 151 Å². The highest BCUT2D eigenvalue weighted by molar-refractivity contribution is 7.27. The molecule has 0 N–H and O–H groups in total. The summed E-state index contributed by atoms with van der Waals surface area (Å²) >= 11 is 3.82. The maximum absolute atomic E-state index is 2.48. The molecule has 11 rings (SSSR count). The molecule has 9 aromatic carbocycles. The van der Waals surface area contributed by atoms with Crippen molar-refractivity contribution in [2.45, 2.75) is 105 Å². The van der Waals surface area contributed by atoms with Crippen molar-refractivity contribution >= 4 is 108 Å². The van der Waals surface area contributed by atoms with Crippen LogP contribution in [0.4, 0.5) is 34.1 Å². The number of hydrogen-bond donors (Lipinski definition) is 0. The van der Waals surface area contributed by atoms with Crippen LogP contribution in [0.5, 0.6) is 0 Å². The lowest BCUT2D eigenvalue weighted by atomic mass is 9.86. The molecule has 11 aromatic rings. The molecule has 0 aliphatic heterocycles. The van der Waals surface area contributed by atoms with Crippen molar-refractivity contribution < 1.29 is 0 Å². The third-order valence-electron chi connectivity index (χ3n) is 14.7. The normalized spacial score (nSPS) is 12.7. The number of anilines is 6. The predicted octanol–water partition coefficient (Wildman–Crippen LogP) is 21.4. The van der Waals surface area contributed by atoms with Gasteiger partial charge in [0.15, 0.2) is 0 Å². The SMILES string of the molecule is CC(C)(C)c1ccc(N(c2ccc(C(C)(C)C)cc2)c2ccc3c(c2)sc2cc4c(-c5ccccc5)c5sc6cc(N(c7ccc(C(C)(C)C)cc7)c7ccc(C(C)(C)C)cc7)ccc6c5cc4cc23)cc1. The lowest BCUT2D eigenvalue weighted by Gasteiger charge is -2.28. The molecule has 2 heterocycles. The second kappa shape index (κ2) is 17.5. The monoisotopic (exact) mass is 974 g/mol. The maximum Gasteiger partial charge on any atom is 0.0476 e. The first-order valence-electron chi connectivity index (χ1n) is 25.6. The maximum atomic E-state index is 2.48. The van der Waals surface area contributed by atoms with Gasteiger partial charge in [0, 0.05) is 80.0 Å². The van der Waals surface area contributed by atoms with E-state index in [1.54, 1.807) is 0 Å². The molecule has 2 nitrogen and oxygen atoms in total. The zero-order chi connectivity index (χ0) is 50.5. The zero-order valence-corrected chi connectivity index (χ0v) is 45.7. The van der Waals surface area contributed by atoms with E-state index in [0.717, 1.165) is 34.1 Å². The Morgan fingerprint density at radius 3 is 1.04 bits per heavy atom. The fourth-order valence-electron chi connectivity index (χ4n) is 10.4. The van der Waals surface area contributed by atoms with E-state index in [9.17, 15) is 0 Å². The molecule has 0 fully saturated rings. The minimum absolute atomic E-state index is 0.0704. The van der Waals surface area contributed by atoms with Crippen molar-refractivity contribution in [1.82, 2.24) is 0 Å². The summed E-state index contributed by atoms with van der Waals surface area (Å²) in [6, 6.07) is 69.3. The Kier molecular flexibility index (Phi) is 11.6. The van der Waals surface area contributed by atoms with Crippen LogP contribution < -0.4 is 9.80 Å². The predicted molar refractivity (Wildman–Crippen MR) is 319 cm³/mol. The number of thiophene rings is 2. The van der Waals surface area contributed by atoms with Gasteiger partial charge in [0.1, 0.15) is 0 Å². The Balaban J connectivity index is 1.06. The van der Waals surface area contributed by atoms with Crippen LogP contribution in [-0.4, -0.2) is 0 Å². The molecule has 360 valence electrons. The Hall–Kier alpha value is -6.72. The lowest BCUT2D eigenvalue weighted by Crippen LogP contribution is -2.14. The van der Waals surface area contributed by atoms with Gasteiger partial charge in [-0.25, -0.2) is 0 Å². The van der Waals surface area contributed by atoms with Gasteiger partial charge in [-0.2, -0.15) is 0 Å². The van der Waals surface area contributed by atoms with Crippen molar-refractivity contribution in [3.8, 4) is 11.1 Å². The van der Waals surface area contributed by atoms with E-state index in [0.29, 0.717) is 0 Å². The standard InChI is InChI=1S/C68H66N2S2/c1-65(2,3)45-18-26-49(27-19-45)69(50-28-20-46(21-29-50)66(4,5)6)53-34-36-55-58-38-44-39-59-56-37-35-54(70(51-30-22-47(23-31-51)67(7,8)9)52-32-24-48(25-33-52)68(10,11)12)41-61(56)72-64(59)63(43-16-14-13-15-17-43)57(44)42-62(58)71-60(55)40-53/h13-42H,1-12H3. The van der Waals surface area contributed by atoms with Crippen LogP contribution in [0.25, 0.3) is 62.2 Å². The minimum atomic E-state index is 0.0704. The summed E-state index contributed by atoms with van der Waals surface area (Å²) in [4.78, 5) is 4.84. The molecule has 2 aromatic heterocycles. The smallest absolute Gasteiger partial charge is 0.0476 e. The van der Waals surface area contributed by atoms with E-state index in [2.05, 4.69) is 275 Å². The van der Waals surface area contributed by atoms with Crippen LogP contribution >= 0.6 is 22.7 Å². The average Bonchev–Trinajstić information content (AvgIpc) is 3.89. The number of rotatable bonds is 7. The highest BCUT2D eigenvalue weighted by atomic mass is 32.1. The molecule has 0 aliphatic rings. The van der Waals surface area contributed by atoms with E-state index < -0.39 is 0 Å². The molecule has 0 spiro atoms. The number of nitrogens with zero attached hydrogens (tertiary/aromatic N) is 2. The van der Waals surface area contributed by atoms with Crippen molar-refractivity contribution in [1.29, 1.82) is 0 Å². The summed E-state index contributed by atoms with van der Waals surface area (Å²) in [7, 11) is 0. The van der Waals surface area contributed by atoms with Crippen molar-refractivity contribution in [3.63, 3.8) is 0 Å². The largest absolute Gasteiger partial charge is 0.310 e. The molecule has 4 heteroatoms. The van der Waals surface area contributed by atoms with Crippen LogP contribution in [0.1, 0.15) is 105 Å². The molecule has 72 heavy (non-hydrogen) atoms. The second-order valence-corrected chi connectivity index (χ2v) is 26.1. The van der Waals surface area contributed by atoms with Gasteiger partial charge in [-0.15, -0.1) is 22.7 Å². The van der Waals surface area contributed by atoms with Gasteiger partial charge in [-0.1, -0.05) is 174 Å². The summed E-state index contributed by atoms with van der Waals surface area (Å²) in [6.45, 7) is 27.4. The van der Waals surface area contributed by atoms with Gasteiger partial charge >= 0.3 is 0 Å². The third-order valence-corrected chi connectivity index (χ3v) is 17.0. The number of fused-ring (bicyclic) bond motifs is 7. The van der Waals surface area contributed by atoms with Gasteiger partial charge in [0.05, 0.1) is 0 Å². The number of hydrogen-bond acceptors (Lipinski definition) is 4. The highest BCUT2D eigenvalue weighted by Crippen LogP contribution is 2.49. The summed E-state index contributed by atoms with van der Waals surface area (Å²) in [5, 5.41) is 7.74. The number of benzene rings is 9. The first-order chi connectivity index (χ1) is 34.2. The van der Waals surface area contributed by atoms with Crippen LogP contribution in [-0.2, 0) is 21.7 Å². The van der Waals surface area contributed by atoms with Gasteiger partial charge in [0.2, 0.25) is 0 Å². The van der Waals surface area contributed by atoms with Crippen molar-refractivity contribution in [3.05, 3.63) is 204 Å². The summed E-state index contributed by atoms with van der Waals surface area (Å²) in [5.74, 6) is 0. The first kappa shape index (κ1) is 47.6. The quantitative estimate of drug-likeness (QED) is 0.157. The fraction of sp³-hybridized carbons (Fsp3) is 0.235. The molecule has 0 saturated heterocycles. The van der Waals surface area contributed by atoms with E-state index in [4.69, 9.17) is 0 Å². The van der Waals surface area contributed by atoms with Crippen LogP contribution in [0, 0.1) is 0 Å². The lowest BCUT2D eigenvalue weighted by molar-refractivity contribution is 0.590. The average molecular weight is 975 g/mol. The fourth-order valence-corrected chi connectivity index (χ4v) is 12.8. The van der Waals surface area contributed by atoms with Crippen molar-refractivity contribution in [2.75, 3.05) is 9.80 Å². The molecule has 0 amide bonds. The molecule has 0 unspecified atom stereocenters. The Labute approximate surface area is 435 Å². The Bertz CT molecular complexity index is 3670. The van der Waals surface area contributed by atoms with Gasteiger partial charge in [0.25, 0.3) is 0 Å². The molecule has 0 saturated carbocycles. The second-order valence-electron chi connectivity index (χ2n) is 24.0. The minimum Gasteiger partial charge on any atom is -0.310 e. The Morgan fingerprint density at radius 2 is 0.639 bits per heavy atom. The molecule has 0 bridgehead atoms.